The zero-order valence-corrected chi connectivity index (χ0v) is 11.1. The highest BCUT2D eigenvalue weighted by atomic mass is 79.9. The molecule has 0 spiro atoms. The van der Waals surface area contributed by atoms with Crippen LogP contribution in [0.2, 0.25) is 0 Å². The number of nitrogens with one attached hydrogen (secondary N) is 1. The van der Waals surface area contributed by atoms with Crippen LogP contribution in [0.1, 0.15) is 6.92 Å². The van der Waals surface area contributed by atoms with Gasteiger partial charge in [0.25, 0.3) is 5.56 Å². The number of halogens is 1. The molecule has 0 saturated heterocycles. The second-order valence-corrected chi connectivity index (χ2v) is 4.49. The number of hydrogen-bond donors (Lipinski definition) is 1. The minimum absolute atomic E-state index is 0.112. The van der Waals surface area contributed by atoms with Gasteiger partial charge in [-0.3, -0.25) is 9.48 Å². The maximum absolute atomic E-state index is 11.8. The highest BCUT2D eigenvalue weighted by Crippen LogP contribution is 2.14. The van der Waals surface area contributed by atoms with Crippen molar-refractivity contribution in [1.29, 1.82) is 0 Å². The van der Waals surface area contributed by atoms with Crippen LogP contribution in [0.5, 0.6) is 0 Å². The van der Waals surface area contributed by atoms with Crippen molar-refractivity contribution in [2.45, 2.75) is 13.5 Å². The number of nitrogens with zero attached hydrogens (tertiary/aromatic N) is 4. The average molecular weight is 298 g/mol. The van der Waals surface area contributed by atoms with Gasteiger partial charge in [0.1, 0.15) is 5.69 Å². The maximum Gasteiger partial charge on any atom is 0.274 e. The van der Waals surface area contributed by atoms with Gasteiger partial charge in [-0.05, 0) is 28.9 Å². The molecule has 0 unspecified atom stereocenters. The van der Waals surface area contributed by atoms with Crippen LogP contribution in [0.3, 0.4) is 0 Å². The maximum atomic E-state index is 11.8. The topological polar surface area (TPSA) is 64.7 Å². The van der Waals surface area contributed by atoms with Crippen LogP contribution in [-0.4, -0.2) is 19.6 Å². The molecule has 2 aromatic heterocycles. The summed E-state index contributed by atoms with van der Waals surface area (Å²) in [6, 6.07) is 1.72. The van der Waals surface area contributed by atoms with E-state index >= 15 is 0 Å². The zero-order valence-electron chi connectivity index (χ0n) is 9.51. The van der Waals surface area contributed by atoms with Crippen molar-refractivity contribution in [3.63, 3.8) is 0 Å². The lowest BCUT2D eigenvalue weighted by Gasteiger charge is -2.05. The Balaban J connectivity index is 2.32. The van der Waals surface area contributed by atoms with Crippen LogP contribution in [0, 0.1) is 0 Å². The smallest absolute Gasteiger partial charge is 0.274 e. The molecular formula is C10H12BrN5O. The Morgan fingerprint density at radius 1 is 1.47 bits per heavy atom. The van der Waals surface area contributed by atoms with Crippen molar-refractivity contribution in [3.05, 3.63) is 33.3 Å². The Morgan fingerprint density at radius 2 is 2.24 bits per heavy atom. The second kappa shape index (κ2) is 4.70. The molecule has 0 amide bonds. The van der Waals surface area contributed by atoms with E-state index < -0.39 is 0 Å². The summed E-state index contributed by atoms with van der Waals surface area (Å²) in [7, 11) is 1.70. The number of aryl methyl sites for hydroxylation is 2. The minimum Gasteiger partial charge on any atom is -0.333 e. The summed E-state index contributed by atoms with van der Waals surface area (Å²) >= 11 is 3.34. The third-order valence-corrected chi connectivity index (χ3v) is 2.71. The molecule has 0 aromatic carbocycles. The highest BCUT2D eigenvalue weighted by Gasteiger charge is 2.06. The second-order valence-electron chi connectivity index (χ2n) is 3.57. The Hall–Kier alpha value is -1.63. The van der Waals surface area contributed by atoms with Crippen LogP contribution < -0.4 is 10.9 Å². The van der Waals surface area contributed by atoms with E-state index in [-0.39, 0.29) is 5.56 Å². The summed E-state index contributed by atoms with van der Waals surface area (Å²) in [5.74, 6) is 0.557. The summed E-state index contributed by atoms with van der Waals surface area (Å²) in [5, 5.41) is 10.8. The summed E-state index contributed by atoms with van der Waals surface area (Å²) in [6.45, 7) is 2.71. The molecule has 0 aliphatic rings. The quantitative estimate of drug-likeness (QED) is 0.932. The van der Waals surface area contributed by atoms with E-state index in [1.807, 2.05) is 6.92 Å². The van der Waals surface area contributed by atoms with E-state index in [1.165, 1.54) is 4.57 Å². The van der Waals surface area contributed by atoms with Gasteiger partial charge in [0, 0.05) is 24.3 Å². The molecule has 2 aromatic rings. The van der Waals surface area contributed by atoms with Crippen LogP contribution in [0.15, 0.2) is 27.7 Å². The lowest BCUT2D eigenvalue weighted by molar-refractivity contribution is 0.627. The summed E-state index contributed by atoms with van der Waals surface area (Å²) in [6.07, 6.45) is 3.46. The molecule has 17 heavy (non-hydrogen) atoms. The molecule has 0 aliphatic carbocycles. The van der Waals surface area contributed by atoms with E-state index in [0.29, 0.717) is 11.5 Å². The first-order valence-corrected chi connectivity index (χ1v) is 5.92. The third-order valence-electron chi connectivity index (χ3n) is 2.28. The van der Waals surface area contributed by atoms with Gasteiger partial charge in [-0.15, -0.1) is 5.10 Å². The van der Waals surface area contributed by atoms with Gasteiger partial charge in [-0.2, -0.15) is 0 Å². The van der Waals surface area contributed by atoms with Gasteiger partial charge in [-0.1, -0.05) is 5.21 Å². The molecule has 2 heterocycles. The van der Waals surface area contributed by atoms with Gasteiger partial charge >= 0.3 is 0 Å². The summed E-state index contributed by atoms with van der Waals surface area (Å²) in [4.78, 5) is 11.8. The number of anilines is 2. The lowest BCUT2D eigenvalue weighted by Crippen LogP contribution is -2.19. The Labute approximate surface area is 106 Å². The minimum atomic E-state index is -0.112. The predicted molar refractivity (Wildman–Crippen MR) is 68.4 cm³/mol. The van der Waals surface area contributed by atoms with Crippen LogP contribution >= 0.6 is 15.9 Å². The van der Waals surface area contributed by atoms with E-state index in [1.54, 1.807) is 30.2 Å². The van der Waals surface area contributed by atoms with E-state index in [4.69, 9.17) is 0 Å². The van der Waals surface area contributed by atoms with Gasteiger partial charge in [0.15, 0.2) is 5.82 Å². The molecule has 0 fully saturated rings. The van der Waals surface area contributed by atoms with E-state index in [9.17, 15) is 4.79 Å². The fraction of sp³-hybridized carbons (Fsp3) is 0.300. The largest absolute Gasteiger partial charge is 0.333 e. The summed E-state index contributed by atoms with van der Waals surface area (Å²) in [5.41, 5.74) is 0.351. The molecule has 0 atom stereocenters. The Morgan fingerprint density at radius 3 is 2.88 bits per heavy atom. The SMILES string of the molecule is CCn1cc(Nc2cc(Br)cn(C)c2=O)nn1. The Kier molecular flexibility index (Phi) is 3.28. The molecule has 90 valence electrons. The van der Waals surface area contributed by atoms with Crippen molar-refractivity contribution in [2.75, 3.05) is 5.32 Å². The molecule has 2 rings (SSSR count). The monoisotopic (exact) mass is 297 g/mol. The van der Waals surface area contributed by atoms with Gasteiger partial charge in [0.05, 0.1) is 6.20 Å². The van der Waals surface area contributed by atoms with Crippen LogP contribution in [-0.2, 0) is 13.6 Å². The molecular weight excluding hydrogens is 286 g/mol. The predicted octanol–water partition coefficient (Wildman–Crippen LogP) is 1.50. The fourth-order valence-electron chi connectivity index (χ4n) is 1.41. The van der Waals surface area contributed by atoms with Crippen LogP contribution in [0.25, 0.3) is 0 Å². The average Bonchev–Trinajstić information content (AvgIpc) is 2.73. The first kappa shape index (κ1) is 11.8. The molecule has 0 radical (unpaired) electrons. The molecule has 6 nitrogen and oxygen atoms in total. The van der Waals surface area contributed by atoms with Crippen molar-refractivity contribution < 1.29 is 0 Å². The van der Waals surface area contributed by atoms with Crippen molar-refractivity contribution in [2.24, 2.45) is 7.05 Å². The standard InChI is InChI=1S/C10H12BrN5O/c1-3-16-6-9(13-14-16)12-8-4-7(11)5-15(2)10(8)17/h4-6,12H,3H2,1-2H3. The number of rotatable bonds is 3. The highest BCUT2D eigenvalue weighted by molar-refractivity contribution is 9.10. The van der Waals surface area contributed by atoms with Crippen molar-refractivity contribution in [1.82, 2.24) is 19.6 Å². The van der Waals surface area contributed by atoms with Crippen molar-refractivity contribution in [3.8, 4) is 0 Å². The lowest BCUT2D eigenvalue weighted by atomic mass is 10.4. The molecule has 7 heteroatoms. The third kappa shape index (κ3) is 2.55. The van der Waals surface area contributed by atoms with Crippen LogP contribution in [0.4, 0.5) is 11.5 Å². The van der Waals surface area contributed by atoms with Crippen molar-refractivity contribution >= 4 is 27.4 Å². The molecule has 1 N–H and O–H groups in total. The van der Waals surface area contributed by atoms with E-state index in [0.717, 1.165) is 11.0 Å². The zero-order chi connectivity index (χ0) is 12.4. The van der Waals surface area contributed by atoms with E-state index in [2.05, 4.69) is 31.6 Å². The number of aromatic nitrogens is 4. The van der Waals surface area contributed by atoms with Gasteiger partial charge < -0.3 is 9.88 Å². The molecule has 0 bridgehead atoms. The Bertz CT molecular complexity index is 589. The summed E-state index contributed by atoms with van der Waals surface area (Å²) < 4.78 is 4.01. The first-order chi connectivity index (χ1) is 8.10. The normalized spacial score (nSPS) is 10.5. The van der Waals surface area contributed by atoms with Gasteiger partial charge in [0.2, 0.25) is 0 Å². The first-order valence-electron chi connectivity index (χ1n) is 5.13. The van der Waals surface area contributed by atoms with Gasteiger partial charge in [-0.25, -0.2) is 0 Å². The fourth-order valence-corrected chi connectivity index (χ4v) is 1.94. The molecule has 0 saturated carbocycles. The molecule has 0 aliphatic heterocycles. The number of pyridine rings is 1. The number of hydrogen-bond acceptors (Lipinski definition) is 4.